The normalized spacial score (nSPS) is 10.6. The van der Waals surface area contributed by atoms with Crippen LogP contribution in [-0.2, 0) is 6.54 Å². The number of amides is 2. The molecule has 0 atom stereocenters. The highest BCUT2D eigenvalue weighted by Gasteiger charge is 2.01. The summed E-state index contributed by atoms with van der Waals surface area (Å²) < 4.78 is 0. The number of aryl methyl sites for hydroxylation is 1. The van der Waals surface area contributed by atoms with Crippen molar-refractivity contribution in [3.8, 4) is 0 Å². The topological polar surface area (TPSA) is 56.9 Å². The van der Waals surface area contributed by atoms with Crippen LogP contribution in [0.15, 0.2) is 24.3 Å². The first-order valence-corrected chi connectivity index (χ1v) is 6.29. The van der Waals surface area contributed by atoms with Gasteiger partial charge >= 0.3 is 6.03 Å². The third kappa shape index (κ3) is 3.03. The molecule has 0 saturated carbocycles. The Kier molecular flexibility index (Phi) is 3.87. The summed E-state index contributed by atoms with van der Waals surface area (Å²) in [4.78, 5) is 14.7. The first-order valence-electron chi connectivity index (χ1n) is 6.29. The summed E-state index contributed by atoms with van der Waals surface area (Å²) in [5, 5.41) is 6.81. The molecule has 0 bridgehead atoms. The Balaban J connectivity index is 1.97. The maximum Gasteiger partial charge on any atom is 0.315 e. The monoisotopic (exact) mass is 245 g/mol. The van der Waals surface area contributed by atoms with Crippen LogP contribution in [0.3, 0.4) is 0 Å². The van der Waals surface area contributed by atoms with Gasteiger partial charge in [0.15, 0.2) is 0 Å². The van der Waals surface area contributed by atoms with Gasteiger partial charge in [0.25, 0.3) is 0 Å². The van der Waals surface area contributed by atoms with Crippen molar-refractivity contribution in [3.63, 3.8) is 0 Å². The number of carbonyl (C=O) groups is 1. The number of aromatic amines is 1. The number of benzene rings is 1. The Hall–Kier alpha value is -1.97. The summed E-state index contributed by atoms with van der Waals surface area (Å²) in [6, 6.07) is 8.17. The third-order valence-electron chi connectivity index (χ3n) is 2.81. The molecule has 18 heavy (non-hydrogen) atoms. The Morgan fingerprint density at radius 3 is 2.89 bits per heavy atom. The van der Waals surface area contributed by atoms with Crippen LogP contribution in [0.2, 0.25) is 0 Å². The number of carbonyl (C=O) groups excluding carboxylic acids is 1. The molecule has 2 rings (SSSR count). The van der Waals surface area contributed by atoms with Crippen LogP contribution >= 0.6 is 0 Å². The molecule has 0 spiro atoms. The fourth-order valence-electron chi connectivity index (χ4n) is 1.92. The fourth-order valence-corrected chi connectivity index (χ4v) is 1.92. The molecule has 2 amide bonds. The zero-order valence-electron chi connectivity index (χ0n) is 10.8. The van der Waals surface area contributed by atoms with Crippen molar-refractivity contribution in [1.82, 2.24) is 15.6 Å². The lowest BCUT2D eigenvalue weighted by Gasteiger charge is -2.06. The molecule has 0 radical (unpaired) electrons. The van der Waals surface area contributed by atoms with Crippen molar-refractivity contribution >= 4 is 16.9 Å². The molecule has 2 aromatic rings. The smallest absolute Gasteiger partial charge is 0.315 e. The summed E-state index contributed by atoms with van der Waals surface area (Å²) in [6.07, 6.45) is 0.946. The standard InChI is InChI=1S/C14H19N3O/c1-3-6-15-14(18)16-9-11-4-5-13-12(8-11)7-10(2)17-13/h4-5,7-8,17H,3,6,9H2,1-2H3,(H2,15,16,18). The van der Waals surface area contributed by atoms with Crippen molar-refractivity contribution in [1.29, 1.82) is 0 Å². The minimum Gasteiger partial charge on any atom is -0.359 e. The molecule has 1 aromatic heterocycles. The minimum absolute atomic E-state index is 0.109. The fraction of sp³-hybridized carbons (Fsp3) is 0.357. The van der Waals surface area contributed by atoms with E-state index in [9.17, 15) is 4.79 Å². The van der Waals surface area contributed by atoms with Crippen molar-refractivity contribution in [3.05, 3.63) is 35.5 Å². The third-order valence-corrected chi connectivity index (χ3v) is 2.81. The molecule has 1 heterocycles. The predicted molar refractivity (Wildman–Crippen MR) is 73.6 cm³/mol. The Morgan fingerprint density at radius 2 is 2.11 bits per heavy atom. The zero-order valence-corrected chi connectivity index (χ0v) is 10.8. The quantitative estimate of drug-likeness (QED) is 0.762. The molecule has 1 aromatic carbocycles. The van der Waals surface area contributed by atoms with E-state index in [1.165, 1.54) is 5.39 Å². The largest absolute Gasteiger partial charge is 0.359 e. The van der Waals surface area contributed by atoms with Gasteiger partial charge in [-0.05, 0) is 42.5 Å². The Bertz CT molecular complexity index is 545. The molecule has 0 unspecified atom stereocenters. The molecule has 0 aliphatic heterocycles. The van der Waals surface area contributed by atoms with E-state index < -0.39 is 0 Å². The molecular formula is C14H19N3O. The second-order valence-electron chi connectivity index (χ2n) is 4.48. The maximum absolute atomic E-state index is 11.4. The van der Waals surface area contributed by atoms with E-state index >= 15 is 0 Å². The first kappa shape index (κ1) is 12.5. The van der Waals surface area contributed by atoms with E-state index in [2.05, 4.69) is 27.8 Å². The van der Waals surface area contributed by atoms with Crippen molar-refractivity contribution in [2.24, 2.45) is 0 Å². The lowest BCUT2D eigenvalue weighted by Crippen LogP contribution is -2.35. The SMILES string of the molecule is CCCNC(=O)NCc1ccc2[nH]c(C)cc2c1. The summed E-state index contributed by atoms with van der Waals surface area (Å²) >= 11 is 0. The van der Waals surface area contributed by atoms with Gasteiger partial charge in [0.05, 0.1) is 0 Å². The molecule has 0 aliphatic rings. The van der Waals surface area contributed by atoms with Gasteiger partial charge in [-0.3, -0.25) is 0 Å². The zero-order chi connectivity index (χ0) is 13.0. The van der Waals surface area contributed by atoms with Crippen LogP contribution in [0.5, 0.6) is 0 Å². The molecule has 4 nitrogen and oxygen atoms in total. The number of rotatable bonds is 4. The lowest BCUT2D eigenvalue weighted by atomic mass is 10.1. The molecule has 3 N–H and O–H groups in total. The summed E-state index contributed by atoms with van der Waals surface area (Å²) in [6.45, 7) is 5.33. The first-order chi connectivity index (χ1) is 8.69. The van der Waals surface area contributed by atoms with E-state index in [0.717, 1.165) is 23.2 Å². The van der Waals surface area contributed by atoms with E-state index in [1.807, 2.05) is 26.0 Å². The number of hydrogen-bond donors (Lipinski definition) is 3. The number of hydrogen-bond acceptors (Lipinski definition) is 1. The average Bonchev–Trinajstić information content (AvgIpc) is 2.73. The van der Waals surface area contributed by atoms with E-state index in [0.29, 0.717) is 13.1 Å². The Labute approximate surface area is 107 Å². The molecular weight excluding hydrogens is 226 g/mol. The minimum atomic E-state index is -0.109. The van der Waals surface area contributed by atoms with Crippen LogP contribution in [0.1, 0.15) is 24.6 Å². The predicted octanol–water partition coefficient (Wildman–Crippen LogP) is 2.69. The van der Waals surface area contributed by atoms with Gasteiger partial charge in [0.1, 0.15) is 0 Å². The number of fused-ring (bicyclic) bond motifs is 1. The highest BCUT2D eigenvalue weighted by atomic mass is 16.2. The second-order valence-corrected chi connectivity index (χ2v) is 4.48. The molecule has 0 saturated heterocycles. The summed E-state index contributed by atoms with van der Waals surface area (Å²) in [7, 11) is 0. The van der Waals surface area contributed by atoms with Crippen LogP contribution < -0.4 is 10.6 Å². The van der Waals surface area contributed by atoms with Gasteiger partial charge in [-0.1, -0.05) is 13.0 Å². The number of H-pyrrole nitrogens is 1. The Morgan fingerprint density at radius 1 is 1.28 bits per heavy atom. The van der Waals surface area contributed by atoms with Gasteiger partial charge in [-0.2, -0.15) is 0 Å². The molecule has 4 heteroatoms. The van der Waals surface area contributed by atoms with Crippen LogP contribution in [0.25, 0.3) is 10.9 Å². The van der Waals surface area contributed by atoms with E-state index in [4.69, 9.17) is 0 Å². The molecule has 0 aliphatic carbocycles. The van der Waals surface area contributed by atoms with Crippen molar-refractivity contribution in [2.45, 2.75) is 26.8 Å². The number of aromatic nitrogens is 1. The second kappa shape index (κ2) is 5.58. The van der Waals surface area contributed by atoms with Gasteiger partial charge in [-0.15, -0.1) is 0 Å². The number of urea groups is 1. The highest BCUT2D eigenvalue weighted by molar-refractivity contribution is 5.81. The average molecular weight is 245 g/mol. The van der Waals surface area contributed by atoms with Crippen LogP contribution in [-0.4, -0.2) is 17.6 Å². The van der Waals surface area contributed by atoms with Crippen molar-refractivity contribution < 1.29 is 4.79 Å². The van der Waals surface area contributed by atoms with Gasteiger partial charge in [0, 0.05) is 24.3 Å². The van der Waals surface area contributed by atoms with Gasteiger partial charge < -0.3 is 15.6 Å². The van der Waals surface area contributed by atoms with Gasteiger partial charge in [-0.25, -0.2) is 4.79 Å². The summed E-state index contributed by atoms with van der Waals surface area (Å²) in [5.74, 6) is 0. The summed E-state index contributed by atoms with van der Waals surface area (Å²) in [5.41, 5.74) is 3.38. The lowest BCUT2D eigenvalue weighted by molar-refractivity contribution is 0.240. The molecule has 96 valence electrons. The highest BCUT2D eigenvalue weighted by Crippen LogP contribution is 2.16. The van der Waals surface area contributed by atoms with E-state index in [1.54, 1.807) is 0 Å². The molecule has 0 fully saturated rings. The van der Waals surface area contributed by atoms with Crippen LogP contribution in [0.4, 0.5) is 4.79 Å². The van der Waals surface area contributed by atoms with Crippen molar-refractivity contribution in [2.75, 3.05) is 6.54 Å². The maximum atomic E-state index is 11.4. The van der Waals surface area contributed by atoms with E-state index in [-0.39, 0.29) is 6.03 Å². The number of nitrogens with one attached hydrogen (secondary N) is 3. The van der Waals surface area contributed by atoms with Crippen LogP contribution in [0, 0.1) is 6.92 Å². The van der Waals surface area contributed by atoms with Gasteiger partial charge in [0.2, 0.25) is 0 Å².